The van der Waals surface area contributed by atoms with E-state index in [-0.39, 0.29) is 10.9 Å². The van der Waals surface area contributed by atoms with Crippen molar-refractivity contribution in [2.24, 2.45) is 0 Å². The summed E-state index contributed by atoms with van der Waals surface area (Å²) >= 11 is 0. The van der Waals surface area contributed by atoms with Crippen molar-refractivity contribution in [2.45, 2.75) is 30.8 Å². The van der Waals surface area contributed by atoms with Crippen LogP contribution in [0.2, 0.25) is 0 Å². The molecule has 0 bridgehead atoms. The van der Waals surface area contributed by atoms with Gasteiger partial charge in [-0.1, -0.05) is 36.4 Å². The van der Waals surface area contributed by atoms with Gasteiger partial charge in [0.25, 0.3) is 0 Å². The molecular formula is C27H33N3O3S. The average Bonchev–Trinajstić information content (AvgIpc) is 2.85. The second kappa shape index (κ2) is 10.6. The number of nitrogens with one attached hydrogen (secondary N) is 1. The van der Waals surface area contributed by atoms with E-state index in [1.54, 1.807) is 24.3 Å². The third-order valence-electron chi connectivity index (χ3n) is 6.31. The van der Waals surface area contributed by atoms with E-state index in [1.807, 2.05) is 21.0 Å². The normalized spacial score (nSPS) is 14.9. The zero-order chi connectivity index (χ0) is 24.1. The number of sulfonamides is 1. The summed E-state index contributed by atoms with van der Waals surface area (Å²) in [6.45, 7) is 4.40. The predicted octanol–water partition coefficient (Wildman–Crippen LogP) is 4.23. The van der Waals surface area contributed by atoms with Crippen molar-refractivity contribution in [3.63, 3.8) is 0 Å². The fraction of sp³-hybridized carbons (Fsp3) is 0.333. The highest BCUT2D eigenvalue weighted by atomic mass is 32.2. The molecule has 3 aromatic carbocycles. The molecule has 0 radical (unpaired) electrons. The van der Waals surface area contributed by atoms with E-state index in [4.69, 9.17) is 4.74 Å². The summed E-state index contributed by atoms with van der Waals surface area (Å²) in [6.07, 6.45) is 0.952. The van der Waals surface area contributed by atoms with Crippen molar-refractivity contribution in [3.8, 4) is 5.75 Å². The Hall–Kier alpha value is -2.87. The minimum atomic E-state index is -3.66. The number of anilines is 1. The number of nitrogens with zero attached hydrogens (tertiary/aromatic N) is 2. The maximum Gasteiger partial charge on any atom is 0.240 e. The van der Waals surface area contributed by atoms with E-state index >= 15 is 0 Å². The summed E-state index contributed by atoms with van der Waals surface area (Å²) < 4.78 is 34.5. The molecule has 0 aromatic heterocycles. The van der Waals surface area contributed by atoms with Gasteiger partial charge >= 0.3 is 0 Å². The molecule has 1 heterocycles. The van der Waals surface area contributed by atoms with Crippen molar-refractivity contribution in [1.29, 1.82) is 0 Å². The van der Waals surface area contributed by atoms with Crippen molar-refractivity contribution >= 4 is 15.7 Å². The standard InChI is InChI=1S/C27H33N3O3S/c1-4-33-25-13-15-26(16-14-25)34(31,32)28-19-27(22-9-11-24(12-10-22)29(2)3)30-18-17-21-7-5-6-8-23(21)20-30/h5-16,27-28H,4,17-20H2,1-3H3/t27-/m1/s1. The van der Waals surface area contributed by atoms with Crippen LogP contribution in [0.3, 0.4) is 0 Å². The van der Waals surface area contributed by atoms with Gasteiger partial charge in [-0.3, -0.25) is 4.90 Å². The lowest BCUT2D eigenvalue weighted by Crippen LogP contribution is -2.40. The zero-order valence-corrected chi connectivity index (χ0v) is 20.9. The average molecular weight is 480 g/mol. The van der Waals surface area contributed by atoms with Crippen molar-refractivity contribution < 1.29 is 13.2 Å². The highest BCUT2D eigenvalue weighted by molar-refractivity contribution is 7.89. The Morgan fingerprint density at radius 1 is 0.971 bits per heavy atom. The zero-order valence-electron chi connectivity index (χ0n) is 20.1. The summed E-state index contributed by atoms with van der Waals surface area (Å²) in [4.78, 5) is 4.67. The molecule has 7 heteroatoms. The molecule has 1 atom stereocenters. The Labute approximate surface area is 203 Å². The molecule has 0 spiro atoms. The van der Waals surface area contributed by atoms with Gasteiger partial charge in [-0.25, -0.2) is 13.1 Å². The van der Waals surface area contributed by atoms with Crippen LogP contribution in [-0.2, 0) is 23.0 Å². The monoisotopic (exact) mass is 479 g/mol. The quantitative estimate of drug-likeness (QED) is 0.498. The summed E-state index contributed by atoms with van der Waals surface area (Å²) in [5.74, 6) is 0.660. The second-order valence-electron chi connectivity index (χ2n) is 8.75. The van der Waals surface area contributed by atoms with Gasteiger partial charge in [0.1, 0.15) is 5.75 Å². The molecule has 0 saturated heterocycles. The molecular weight excluding hydrogens is 446 g/mol. The number of benzene rings is 3. The van der Waals surface area contributed by atoms with Crippen LogP contribution in [0.1, 0.15) is 29.7 Å². The van der Waals surface area contributed by atoms with E-state index in [1.165, 1.54) is 11.1 Å². The molecule has 0 amide bonds. The Balaban J connectivity index is 1.56. The first-order valence-electron chi connectivity index (χ1n) is 11.7. The second-order valence-corrected chi connectivity index (χ2v) is 10.5. The molecule has 1 aliphatic rings. The highest BCUT2D eigenvalue weighted by Crippen LogP contribution is 2.29. The van der Waals surface area contributed by atoms with E-state index in [0.29, 0.717) is 18.9 Å². The van der Waals surface area contributed by atoms with Crippen LogP contribution in [0.25, 0.3) is 0 Å². The van der Waals surface area contributed by atoms with Crippen LogP contribution < -0.4 is 14.4 Å². The molecule has 0 unspecified atom stereocenters. The summed E-state index contributed by atoms with van der Waals surface area (Å²) in [6, 6.07) is 23.3. The fourth-order valence-electron chi connectivity index (χ4n) is 4.39. The Bertz CT molecular complexity index is 1190. The van der Waals surface area contributed by atoms with Crippen LogP contribution in [-0.4, -0.2) is 47.1 Å². The van der Waals surface area contributed by atoms with Gasteiger partial charge in [0.15, 0.2) is 0 Å². The molecule has 0 aliphatic carbocycles. The van der Waals surface area contributed by atoms with E-state index in [9.17, 15) is 8.42 Å². The van der Waals surface area contributed by atoms with Gasteiger partial charge < -0.3 is 9.64 Å². The molecule has 0 saturated carbocycles. The number of hydrogen-bond donors (Lipinski definition) is 1. The summed E-state index contributed by atoms with van der Waals surface area (Å²) in [5.41, 5.74) is 4.88. The van der Waals surface area contributed by atoms with Gasteiger partial charge in [-0.2, -0.15) is 0 Å². The van der Waals surface area contributed by atoms with E-state index < -0.39 is 10.0 Å². The van der Waals surface area contributed by atoms with Crippen LogP contribution in [0.4, 0.5) is 5.69 Å². The van der Waals surface area contributed by atoms with Crippen molar-refractivity contribution in [3.05, 3.63) is 89.5 Å². The molecule has 1 N–H and O–H groups in total. The SMILES string of the molecule is CCOc1ccc(S(=O)(=O)NC[C@H](c2ccc(N(C)C)cc2)N2CCc3ccccc3C2)cc1. The first-order chi connectivity index (χ1) is 16.4. The topological polar surface area (TPSA) is 61.9 Å². The van der Waals surface area contributed by atoms with Crippen LogP contribution in [0.15, 0.2) is 77.7 Å². The van der Waals surface area contributed by atoms with E-state index in [2.05, 4.69) is 63.1 Å². The molecule has 3 aromatic rings. The predicted molar refractivity (Wildman–Crippen MR) is 137 cm³/mol. The maximum absolute atomic E-state index is 13.1. The third kappa shape index (κ3) is 5.60. The third-order valence-corrected chi connectivity index (χ3v) is 7.75. The van der Waals surface area contributed by atoms with Gasteiger partial charge in [-0.05, 0) is 66.4 Å². The Morgan fingerprint density at radius 3 is 2.29 bits per heavy atom. The van der Waals surface area contributed by atoms with Gasteiger partial charge in [0.2, 0.25) is 10.0 Å². The number of ether oxygens (including phenoxy) is 1. The number of rotatable bonds is 9. The minimum absolute atomic E-state index is 0.0814. The lowest BCUT2D eigenvalue weighted by atomic mass is 9.96. The van der Waals surface area contributed by atoms with Crippen molar-refractivity contribution in [2.75, 3.05) is 38.7 Å². The van der Waals surface area contributed by atoms with Crippen LogP contribution in [0.5, 0.6) is 5.75 Å². The van der Waals surface area contributed by atoms with E-state index in [0.717, 1.165) is 30.8 Å². The van der Waals surface area contributed by atoms with Gasteiger partial charge in [0, 0.05) is 45.5 Å². The molecule has 180 valence electrons. The summed E-state index contributed by atoms with van der Waals surface area (Å²) in [7, 11) is 0.370. The Kier molecular flexibility index (Phi) is 7.56. The lowest BCUT2D eigenvalue weighted by Gasteiger charge is -2.36. The maximum atomic E-state index is 13.1. The molecule has 34 heavy (non-hydrogen) atoms. The van der Waals surface area contributed by atoms with Gasteiger partial charge in [-0.15, -0.1) is 0 Å². The highest BCUT2D eigenvalue weighted by Gasteiger charge is 2.27. The number of fused-ring (bicyclic) bond motifs is 1. The van der Waals surface area contributed by atoms with Crippen LogP contribution >= 0.6 is 0 Å². The smallest absolute Gasteiger partial charge is 0.240 e. The lowest BCUT2D eigenvalue weighted by molar-refractivity contribution is 0.180. The minimum Gasteiger partial charge on any atom is -0.494 e. The van der Waals surface area contributed by atoms with Crippen LogP contribution in [0, 0.1) is 0 Å². The first kappa shape index (κ1) is 24.3. The fourth-order valence-corrected chi connectivity index (χ4v) is 5.43. The molecule has 0 fully saturated rings. The largest absolute Gasteiger partial charge is 0.494 e. The Morgan fingerprint density at radius 2 is 1.65 bits per heavy atom. The first-order valence-corrected chi connectivity index (χ1v) is 13.2. The molecule has 6 nitrogen and oxygen atoms in total. The van der Waals surface area contributed by atoms with Gasteiger partial charge in [0.05, 0.1) is 11.5 Å². The molecule has 4 rings (SSSR count). The molecule has 1 aliphatic heterocycles. The summed E-state index contributed by atoms with van der Waals surface area (Å²) in [5, 5.41) is 0. The van der Waals surface area contributed by atoms with Crippen molar-refractivity contribution in [1.82, 2.24) is 9.62 Å². The number of hydrogen-bond acceptors (Lipinski definition) is 5.